The predicted molar refractivity (Wildman–Crippen MR) is 90.8 cm³/mol. The van der Waals surface area contributed by atoms with E-state index in [-0.39, 0.29) is 0 Å². The highest BCUT2D eigenvalue weighted by molar-refractivity contribution is 7.22. The molecule has 0 bridgehead atoms. The Morgan fingerprint density at radius 1 is 1.05 bits per heavy atom. The number of fused-ring (bicyclic) bond motifs is 1. The largest absolute Gasteiger partial charge is 0.375 e. The monoisotopic (exact) mass is 306 g/mol. The summed E-state index contributed by atoms with van der Waals surface area (Å²) in [6.07, 6.45) is 3.97. The smallest absolute Gasteiger partial charge is 0.181 e. The number of anilines is 1. The maximum atomic E-state index is 5.76. The summed E-state index contributed by atoms with van der Waals surface area (Å²) in [6, 6.07) is 16.5. The van der Waals surface area contributed by atoms with Crippen molar-refractivity contribution in [3.8, 4) is 11.1 Å². The van der Waals surface area contributed by atoms with Gasteiger partial charge in [-0.05, 0) is 23.3 Å². The molecule has 0 atom stereocenters. The highest BCUT2D eigenvalue weighted by Crippen LogP contribution is 2.29. The summed E-state index contributed by atoms with van der Waals surface area (Å²) in [7, 11) is 0. The molecule has 0 unspecified atom stereocenters. The van der Waals surface area contributed by atoms with Gasteiger partial charge in [0.15, 0.2) is 5.13 Å². The molecular weight excluding hydrogens is 292 g/mol. The van der Waals surface area contributed by atoms with Crippen molar-refractivity contribution >= 4 is 26.7 Å². The van der Waals surface area contributed by atoms with Crippen molar-refractivity contribution in [1.29, 1.82) is 0 Å². The normalized spacial score (nSPS) is 11.1. The number of nitrogens with two attached hydrogens (primary N) is 1. The Morgan fingerprint density at radius 2 is 1.91 bits per heavy atom. The van der Waals surface area contributed by atoms with Crippen molar-refractivity contribution in [2.45, 2.75) is 6.54 Å². The van der Waals surface area contributed by atoms with Gasteiger partial charge in [-0.3, -0.25) is 4.68 Å². The lowest BCUT2D eigenvalue weighted by atomic mass is 10.1. The average Bonchev–Trinajstić information content (AvgIpc) is 3.13. The Balaban J connectivity index is 1.64. The third-order valence-corrected chi connectivity index (χ3v) is 4.41. The molecule has 2 N–H and O–H groups in total. The van der Waals surface area contributed by atoms with Crippen molar-refractivity contribution in [1.82, 2.24) is 14.8 Å². The van der Waals surface area contributed by atoms with Gasteiger partial charge >= 0.3 is 0 Å². The zero-order valence-corrected chi connectivity index (χ0v) is 12.6. The fraction of sp³-hybridized carbons (Fsp3) is 0.0588. The SMILES string of the molecule is Nc1nc2ccc(-c3cnn(Cc4ccccc4)c3)cc2s1. The molecule has 0 aliphatic carbocycles. The van der Waals surface area contributed by atoms with Crippen LogP contribution < -0.4 is 5.73 Å². The maximum Gasteiger partial charge on any atom is 0.181 e. The first kappa shape index (κ1) is 13.0. The summed E-state index contributed by atoms with van der Waals surface area (Å²) in [5.74, 6) is 0. The summed E-state index contributed by atoms with van der Waals surface area (Å²) >= 11 is 1.51. The van der Waals surface area contributed by atoms with Gasteiger partial charge in [-0.15, -0.1) is 0 Å². The van der Waals surface area contributed by atoms with E-state index in [1.165, 1.54) is 16.9 Å². The van der Waals surface area contributed by atoms with Gasteiger partial charge in [0.2, 0.25) is 0 Å². The standard InChI is InChI=1S/C17H14N4S/c18-17-20-15-7-6-13(8-16(15)22-17)14-9-19-21(11-14)10-12-4-2-1-3-5-12/h1-9,11H,10H2,(H2,18,20). The van der Waals surface area contributed by atoms with Gasteiger partial charge in [0.05, 0.1) is 23.0 Å². The number of hydrogen-bond donors (Lipinski definition) is 1. The number of hydrogen-bond acceptors (Lipinski definition) is 4. The molecule has 108 valence electrons. The molecule has 0 aliphatic heterocycles. The van der Waals surface area contributed by atoms with Crippen LogP contribution in [0.25, 0.3) is 21.3 Å². The molecule has 0 saturated heterocycles. The molecule has 5 heteroatoms. The van der Waals surface area contributed by atoms with Crippen LogP contribution in [0, 0.1) is 0 Å². The Kier molecular flexibility index (Phi) is 3.12. The molecule has 22 heavy (non-hydrogen) atoms. The van der Waals surface area contributed by atoms with Crippen LogP contribution in [0.3, 0.4) is 0 Å². The Morgan fingerprint density at radius 3 is 2.77 bits per heavy atom. The molecule has 2 aromatic heterocycles. The van der Waals surface area contributed by atoms with E-state index < -0.39 is 0 Å². The van der Waals surface area contributed by atoms with Crippen LogP contribution in [0.1, 0.15) is 5.56 Å². The summed E-state index contributed by atoms with van der Waals surface area (Å²) in [6.45, 7) is 0.774. The Hall–Kier alpha value is -2.66. The number of thiazole rings is 1. The van der Waals surface area contributed by atoms with Gasteiger partial charge in [0, 0.05) is 11.8 Å². The summed E-state index contributed by atoms with van der Waals surface area (Å²) in [4.78, 5) is 4.28. The minimum atomic E-state index is 0.604. The minimum Gasteiger partial charge on any atom is -0.375 e. The number of nitrogens with zero attached hydrogens (tertiary/aromatic N) is 3. The molecule has 4 nitrogen and oxygen atoms in total. The summed E-state index contributed by atoms with van der Waals surface area (Å²) in [5.41, 5.74) is 10.2. The summed E-state index contributed by atoms with van der Waals surface area (Å²) < 4.78 is 3.06. The van der Waals surface area contributed by atoms with E-state index in [0.717, 1.165) is 27.9 Å². The Labute approximate surface area is 131 Å². The molecule has 4 aromatic rings. The molecular formula is C17H14N4S. The highest BCUT2D eigenvalue weighted by atomic mass is 32.1. The van der Waals surface area contributed by atoms with Crippen molar-refractivity contribution < 1.29 is 0 Å². The van der Waals surface area contributed by atoms with Gasteiger partial charge in [0.1, 0.15) is 0 Å². The zero-order valence-electron chi connectivity index (χ0n) is 11.8. The minimum absolute atomic E-state index is 0.604. The second-order valence-electron chi connectivity index (χ2n) is 5.15. The van der Waals surface area contributed by atoms with Crippen LogP contribution in [0.2, 0.25) is 0 Å². The molecule has 0 saturated carbocycles. The van der Waals surface area contributed by atoms with E-state index in [2.05, 4.69) is 40.5 Å². The highest BCUT2D eigenvalue weighted by Gasteiger charge is 2.06. The molecule has 4 rings (SSSR count). The van der Waals surface area contributed by atoms with Crippen LogP contribution >= 0.6 is 11.3 Å². The lowest BCUT2D eigenvalue weighted by Gasteiger charge is -2.01. The van der Waals surface area contributed by atoms with Gasteiger partial charge in [-0.2, -0.15) is 5.10 Å². The van der Waals surface area contributed by atoms with Gasteiger partial charge in [-0.1, -0.05) is 47.7 Å². The van der Waals surface area contributed by atoms with Crippen LogP contribution in [0.4, 0.5) is 5.13 Å². The van der Waals surface area contributed by atoms with E-state index in [1.807, 2.05) is 35.1 Å². The maximum absolute atomic E-state index is 5.76. The molecule has 0 aliphatic rings. The van der Waals surface area contributed by atoms with Crippen LogP contribution in [0.15, 0.2) is 60.9 Å². The van der Waals surface area contributed by atoms with E-state index in [1.54, 1.807) is 0 Å². The van der Waals surface area contributed by atoms with E-state index in [0.29, 0.717) is 5.13 Å². The average molecular weight is 306 g/mol. The van der Waals surface area contributed by atoms with Crippen LogP contribution in [-0.2, 0) is 6.54 Å². The first-order valence-corrected chi connectivity index (χ1v) is 7.82. The topological polar surface area (TPSA) is 56.7 Å². The van der Waals surface area contributed by atoms with Gasteiger partial charge in [-0.25, -0.2) is 4.98 Å². The third-order valence-electron chi connectivity index (χ3n) is 3.56. The number of rotatable bonds is 3. The Bertz CT molecular complexity index is 924. The summed E-state index contributed by atoms with van der Waals surface area (Å²) in [5, 5.41) is 5.06. The van der Waals surface area contributed by atoms with E-state index >= 15 is 0 Å². The molecule has 2 aromatic carbocycles. The second kappa shape index (κ2) is 5.27. The van der Waals surface area contributed by atoms with Gasteiger partial charge in [0.25, 0.3) is 0 Å². The molecule has 0 spiro atoms. The van der Waals surface area contributed by atoms with Crippen molar-refractivity contribution in [3.63, 3.8) is 0 Å². The first-order chi connectivity index (χ1) is 10.8. The quantitative estimate of drug-likeness (QED) is 0.626. The van der Waals surface area contributed by atoms with Crippen molar-refractivity contribution in [2.24, 2.45) is 0 Å². The van der Waals surface area contributed by atoms with Crippen molar-refractivity contribution in [3.05, 3.63) is 66.5 Å². The number of aromatic nitrogens is 3. The van der Waals surface area contributed by atoms with E-state index in [9.17, 15) is 0 Å². The molecule has 0 radical (unpaired) electrons. The number of nitrogen functional groups attached to an aromatic ring is 1. The second-order valence-corrected chi connectivity index (χ2v) is 6.21. The molecule has 0 fully saturated rings. The zero-order chi connectivity index (χ0) is 14.9. The lowest BCUT2D eigenvalue weighted by molar-refractivity contribution is 0.687. The molecule has 2 heterocycles. The van der Waals surface area contributed by atoms with Crippen molar-refractivity contribution in [2.75, 3.05) is 5.73 Å². The molecule has 0 amide bonds. The predicted octanol–water partition coefficient (Wildman–Crippen LogP) is 3.79. The number of benzene rings is 2. The fourth-order valence-corrected chi connectivity index (χ4v) is 3.27. The first-order valence-electron chi connectivity index (χ1n) is 7.01. The van der Waals surface area contributed by atoms with Crippen LogP contribution in [-0.4, -0.2) is 14.8 Å². The third kappa shape index (κ3) is 2.46. The van der Waals surface area contributed by atoms with Gasteiger partial charge < -0.3 is 5.73 Å². The fourth-order valence-electron chi connectivity index (χ4n) is 2.49. The van der Waals surface area contributed by atoms with E-state index in [4.69, 9.17) is 5.73 Å². The van der Waals surface area contributed by atoms with Crippen LogP contribution in [0.5, 0.6) is 0 Å². The lowest BCUT2D eigenvalue weighted by Crippen LogP contribution is -1.99.